The Morgan fingerprint density at radius 2 is 1.97 bits per heavy atom. The first-order chi connectivity index (χ1) is 16.4. The van der Waals surface area contributed by atoms with Crippen LogP contribution in [0.4, 0.5) is 15.2 Å². The van der Waals surface area contributed by atoms with E-state index >= 15 is 0 Å². The standard InChI is InChI=1S/C23H24ClFN4O3S2/c24-19-12-22(34(30,31)29-23-26-10-11-33-23)20(25)13-21(19)27-14-16-6-8-18(9-7-16)28-32-15-17-4-2-1-3-5-17/h1-5,10-13,16,27H,6-9,14-15H2,(H,26,29). The predicted molar refractivity (Wildman–Crippen MR) is 133 cm³/mol. The molecule has 1 fully saturated rings. The maximum atomic E-state index is 14.6. The Hall–Kier alpha value is -2.69. The quantitative estimate of drug-likeness (QED) is 0.341. The minimum Gasteiger partial charge on any atom is -0.391 e. The lowest BCUT2D eigenvalue weighted by molar-refractivity contribution is 0.128. The second-order valence-electron chi connectivity index (χ2n) is 7.95. The van der Waals surface area contributed by atoms with E-state index in [4.69, 9.17) is 16.4 Å². The van der Waals surface area contributed by atoms with Gasteiger partial charge in [0.15, 0.2) is 5.13 Å². The molecule has 1 saturated carbocycles. The normalized spacial score (nSPS) is 16.2. The Balaban J connectivity index is 1.28. The van der Waals surface area contributed by atoms with Crippen LogP contribution in [0.5, 0.6) is 0 Å². The molecule has 1 aromatic heterocycles. The van der Waals surface area contributed by atoms with Gasteiger partial charge in [-0.05, 0) is 49.3 Å². The minimum absolute atomic E-state index is 0.133. The van der Waals surface area contributed by atoms with Gasteiger partial charge in [0.2, 0.25) is 0 Å². The molecule has 0 radical (unpaired) electrons. The summed E-state index contributed by atoms with van der Waals surface area (Å²) in [6, 6.07) is 12.1. The first kappa shape index (κ1) is 24.4. The van der Waals surface area contributed by atoms with Gasteiger partial charge in [-0.2, -0.15) is 0 Å². The molecule has 1 aliphatic rings. The van der Waals surface area contributed by atoms with Crippen LogP contribution in [0, 0.1) is 11.7 Å². The van der Waals surface area contributed by atoms with Crippen molar-refractivity contribution in [3.05, 3.63) is 70.4 Å². The van der Waals surface area contributed by atoms with Gasteiger partial charge in [0.1, 0.15) is 17.3 Å². The summed E-state index contributed by atoms with van der Waals surface area (Å²) in [5.74, 6) is -0.522. The summed E-state index contributed by atoms with van der Waals surface area (Å²) in [6.07, 6.45) is 4.97. The summed E-state index contributed by atoms with van der Waals surface area (Å²) in [5, 5.41) is 9.34. The summed E-state index contributed by atoms with van der Waals surface area (Å²) in [7, 11) is -4.13. The van der Waals surface area contributed by atoms with Gasteiger partial charge in [0.25, 0.3) is 10.0 Å². The highest BCUT2D eigenvalue weighted by atomic mass is 35.5. The Morgan fingerprint density at radius 3 is 2.68 bits per heavy atom. The Kier molecular flexibility index (Phi) is 8.02. The van der Waals surface area contributed by atoms with Gasteiger partial charge >= 0.3 is 0 Å². The number of aromatic nitrogens is 1. The molecule has 0 spiro atoms. The van der Waals surface area contributed by atoms with E-state index in [1.165, 1.54) is 6.20 Å². The average molecular weight is 523 g/mol. The van der Waals surface area contributed by atoms with Crippen LogP contribution in [0.25, 0.3) is 0 Å². The van der Waals surface area contributed by atoms with Crippen LogP contribution in [0.3, 0.4) is 0 Å². The second-order valence-corrected chi connectivity index (χ2v) is 10.9. The fourth-order valence-corrected chi connectivity index (χ4v) is 5.82. The Bertz CT molecular complexity index is 1230. The predicted octanol–water partition coefficient (Wildman–Crippen LogP) is 5.91. The second kappa shape index (κ2) is 11.2. The summed E-state index contributed by atoms with van der Waals surface area (Å²) in [4.78, 5) is 8.82. The Labute approximate surface area is 207 Å². The molecule has 4 rings (SSSR count). The van der Waals surface area contributed by atoms with Crippen molar-refractivity contribution in [2.75, 3.05) is 16.6 Å². The maximum Gasteiger partial charge on any atom is 0.266 e. The fraction of sp³-hybridized carbons (Fsp3) is 0.304. The van der Waals surface area contributed by atoms with Crippen LogP contribution < -0.4 is 10.0 Å². The van der Waals surface area contributed by atoms with Crippen molar-refractivity contribution in [2.45, 2.75) is 37.2 Å². The van der Waals surface area contributed by atoms with Crippen molar-refractivity contribution in [1.29, 1.82) is 0 Å². The summed E-state index contributed by atoms with van der Waals surface area (Å²) in [6.45, 7) is 1.05. The van der Waals surface area contributed by atoms with E-state index in [2.05, 4.69) is 20.2 Å². The molecule has 0 saturated heterocycles. The first-order valence-corrected chi connectivity index (χ1v) is 13.5. The summed E-state index contributed by atoms with van der Waals surface area (Å²) in [5.41, 5.74) is 2.48. The molecule has 0 aliphatic heterocycles. The fourth-order valence-electron chi connectivity index (χ4n) is 3.65. The molecule has 7 nitrogen and oxygen atoms in total. The highest BCUT2D eigenvalue weighted by molar-refractivity contribution is 7.93. The number of benzene rings is 2. The van der Waals surface area contributed by atoms with Crippen LogP contribution in [0.2, 0.25) is 5.02 Å². The molecule has 0 bridgehead atoms. The summed E-state index contributed by atoms with van der Waals surface area (Å²) < 4.78 is 41.9. The number of hydrogen-bond donors (Lipinski definition) is 2. The highest BCUT2D eigenvalue weighted by Crippen LogP contribution is 2.31. The zero-order valence-electron chi connectivity index (χ0n) is 18.2. The van der Waals surface area contributed by atoms with Gasteiger partial charge in [-0.1, -0.05) is 47.1 Å². The van der Waals surface area contributed by atoms with Crippen molar-refractivity contribution < 1.29 is 17.6 Å². The lowest BCUT2D eigenvalue weighted by atomic mass is 9.88. The van der Waals surface area contributed by atoms with Gasteiger partial charge in [-0.3, -0.25) is 4.72 Å². The third kappa shape index (κ3) is 6.46. The topological polar surface area (TPSA) is 92.7 Å². The molecule has 2 aromatic carbocycles. The molecule has 180 valence electrons. The maximum absolute atomic E-state index is 14.6. The van der Waals surface area contributed by atoms with Crippen LogP contribution in [-0.4, -0.2) is 25.7 Å². The van der Waals surface area contributed by atoms with Crippen molar-refractivity contribution in [1.82, 2.24) is 4.98 Å². The Morgan fingerprint density at radius 1 is 1.21 bits per heavy atom. The molecular formula is C23H24ClFN4O3S2. The van der Waals surface area contributed by atoms with Crippen molar-refractivity contribution in [2.24, 2.45) is 11.1 Å². The number of nitrogens with one attached hydrogen (secondary N) is 2. The first-order valence-electron chi connectivity index (χ1n) is 10.8. The van der Waals surface area contributed by atoms with E-state index in [1.807, 2.05) is 30.3 Å². The number of hydrogen-bond acceptors (Lipinski definition) is 7. The summed E-state index contributed by atoms with van der Waals surface area (Å²) >= 11 is 7.37. The number of oxime groups is 1. The molecule has 0 atom stereocenters. The molecule has 11 heteroatoms. The largest absolute Gasteiger partial charge is 0.391 e. The van der Waals surface area contributed by atoms with Crippen molar-refractivity contribution >= 4 is 49.5 Å². The van der Waals surface area contributed by atoms with E-state index in [9.17, 15) is 12.8 Å². The smallest absolute Gasteiger partial charge is 0.266 e. The zero-order valence-corrected chi connectivity index (χ0v) is 20.6. The van der Waals surface area contributed by atoms with Gasteiger partial charge in [-0.25, -0.2) is 17.8 Å². The highest BCUT2D eigenvalue weighted by Gasteiger charge is 2.23. The van der Waals surface area contributed by atoms with E-state index in [0.29, 0.717) is 24.8 Å². The van der Waals surface area contributed by atoms with Gasteiger partial charge in [-0.15, -0.1) is 11.3 Å². The molecule has 1 heterocycles. The third-order valence-corrected chi connectivity index (χ3v) is 7.98. The zero-order chi connectivity index (χ0) is 24.0. The molecule has 1 aliphatic carbocycles. The minimum atomic E-state index is -4.13. The van der Waals surface area contributed by atoms with Gasteiger partial charge in [0, 0.05) is 18.1 Å². The number of rotatable bonds is 9. The number of thiazole rings is 1. The van der Waals surface area contributed by atoms with Crippen LogP contribution in [0.15, 0.2) is 64.1 Å². The van der Waals surface area contributed by atoms with Crippen LogP contribution in [-0.2, 0) is 21.5 Å². The van der Waals surface area contributed by atoms with Crippen molar-refractivity contribution in [3.63, 3.8) is 0 Å². The van der Waals surface area contributed by atoms with E-state index in [0.717, 1.165) is 60.4 Å². The number of halogens is 2. The number of sulfonamides is 1. The third-order valence-electron chi connectivity index (χ3n) is 5.50. The molecule has 0 unspecified atom stereocenters. The lowest BCUT2D eigenvalue weighted by Crippen LogP contribution is -2.22. The molecule has 0 amide bonds. The van der Waals surface area contributed by atoms with E-state index in [-0.39, 0.29) is 10.2 Å². The van der Waals surface area contributed by atoms with Crippen LogP contribution in [0.1, 0.15) is 31.2 Å². The van der Waals surface area contributed by atoms with Gasteiger partial charge < -0.3 is 10.2 Å². The average Bonchev–Trinajstić information content (AvgIpc) is 3.33. The van der Waals surface area contributed by atoms with Crippen LogP contribution >= 0.6 is 22.9 Å². The monoisotopic (exact) mass is 522 g/mol. The molecular weight excluding hydrogens is 499 g/mol. The number of anilines is 2. The van der Waals surface area contributed by atoms with E-state index < -0.39 is 20.7 Å². The molecule has 3 aromatic rings. The molecule has 2 N–H and O–H groups in total. The van der Waals surface area contributed by atoms with E-state index in [1.54, 1.807) is 5.38 Å². The number of nitrogens with zero attached hydrogens (tertiary/aromatic N) is 2. The van der Waals surface area contributed by atoms with Gasteiger partial charge in [0.05, 0.1) is 16.4 Å². The SMILES string of the molecule is O=S(=O)(Nc1nccs1)c1cc(Cl)c(NCC2CCC(=NOCc3ccccc3)CC2)cc1F. The van der Waals surface area contributed by atoms with Crippen molar-refractivity contribution in [3.8, 4) is 0 Å². The lowest BCUT2D eigenvalue weighted by Gasteiger charge is -2.24. The molecule has 34 heavy (non-hydrogen) atoms.